The summed E-state index contributed by atoms with van der Waals surface area (Å²) < 4.78 is 77.7. The second-order valence-electron chi connectivity index (χ2n) is 5.54. The fraction of sp³-hybridized carbons (Fsp3) is 0.312. The second-order valence-corrected chi connectivity index (χ2v) is 5.54. The number of benzene rings is 1. The van der Waals surface area contributed by atoms with Gasteiger partial charge in [-0.25, -0.2) is 4.98 Å². The fourth-order valence-corrected chi connectivity index (χ4v) is 2.16. The molecule has 11 heteroatoms. The van der Waals surface area contributed by atoms with E-state index in [2.05, 4.69) is 4.98 Å². The summed E-state index contributed by atoms with van der Waals surface area (Å²) >= 11 is 0. The van der Waals surface area contributed by atoms with E-state index in [0.717, 1.165) is 10.9 Å². The van der Waals surface area contributed by atoms with E-state index in [1.807, 2.05) is 5.32 Å². The van der Waals surface area contributed by atoms with Crippen molar-refractivity contribution >= 4 is 11.6 Å². The third-order valence-electron chi connectivity index (χ3n) is 3.48. The summed E-state index contributed by atoms with van der Waals surface area (Å²) in [6.45, 7) is 1.14. The number of nitrogens with one attached hydrogen (secondary N) is 1. The lowest BCUT2D eigenvalue weighted by molar-refractivity contribution is -0.143. The number of rotatable bonds is 4. The molecule has 0 saturated heterocycles. The summed E-state index contributed by atoms with van der Waals surface area (Å²) in [6, 6.07) is 1.90. The van der Waals surface area contributed by atoms with Gasteiger partial charge in [0, 0.05) is 17.4 Å². The van der Waals surface area contributed by atoms with Crippen LogP contribution < -0.4 is 10.9 Å². The minimum absolute atomic E-state index is 0.0481. The number of aryl methyl sites for hydroxylation is 1. The van der Waals surface area contributed by atoms with Gasteiger partial charge in [-0.05, 0) is 24.6 Å². The zero-order chi connectivity index (χ0) is 20.4. The largest absolute Gasteiger partial charge is 0.416 e. The summed E-state index contributed by atoms with van der Waals surface area (Å²) in [6.07, 6.45) is -8.50. The molecular formula is C16H13F6N3O2. The molecule has 2 rings (SSSR count). The van der Waals surface area contributed by atoms with Gasteiger partial charge in [-0.2, -0.15) is 26.3 Å². The Morgan fingerprint density at radius 3 is 2.04 bits per heavy atom. The fourth-order valence-electron chi connectivity index (χ4n) is 2.16. The topological polar surface area (TPSA) is 64.0 Å². The zero-order valence-electron chi connectivity index (χ0n) is 13.8. The first kappa shape index (κ1) is 20.5. The average molecular weight is 393 g/mol. The minimum Gasteiger partial charge on any atom is -0.325 e. The number of alkyl halides is 6. The highest BCUT2D eigenvalue weighted by Gasteiger charge is 2.37. The summed E-state index contributed by atoms with van der Waals surface area (Å²) in [5, 5.41) is 1.94. The molecule has 0 bridgehead atoms. The summed E-state index contributed by atoms with van der Waals surface area (Å²) in [5.74, 6) is -0.976. The maximum Gasteiger partial charge on any atom is 0.416 e. The van der Waals surface area contributed by atoms with Crippen LogP contribution in [-0.4, -0.2) is 15.5 Å². The highest BCUT2D eigenvalue weighted by atomic mass is 19.4. The number of amides is 1. The number of hydrogen-bond donors (Lipinski definition) is 1. The molecule has 146 valence electrons. The molecule has 1 aromatic carbocycles. The lowest BCUT2D eigenvalue weighted by atomic mass is 10.1. The molecule has 1 amide bonds. The molecule has 0 aliphatic carbocycles. The van der Waals surface area contributed by atoms with Gasteiger partial charge in [0.2, 0.25) is 5.91 Å². The van der Waals surface area contributed by atoms with Crippen LogP contribution in [0.5, 0.6) is 0 Å². The van der Waals surface area contributed by atoms with Crippen molar-refractivity contribution in [2.24, 2.45) is 0 Å². The molecule has 2 aromatic rings. The third kappa shape index (κ3) is 5.31. The SMILES string of the molecule is CCc1cc(=O)n(CC(=O)Nc2cc(C(F)(F)F)cc(C(F)(F)F)c2)cn1. The van der Waals surface area contributed by atoms with E-state index in [1.165, 1.54) is 6.07 Å². The Morgan fingerprint density at radius 1 is 1.04 bits per heavy atom. The van der Waals surface area contributed by atoms with Gasteiger partial charge in [-0.15, -0.1) is 0 Å². The summed E-state index contributed by atoms with van der Waals surface area (Å²) in [4.78, 5) is 27.6. The summed E-state index contributed by atoms with van der Waals surface area (Å²) in [5.41, 5.74) is -3.90. The van der Waals surface area contributed by atoms with Crippen molar-refractivity contribution in [3.8, 4) is 0 Å². The smallest absolute Gasteiger partial charge is 0.325 e. The van der Waals surface area contributed by atoms with Crippen LogP contribution in [0.4, 0.5) is 32.0 Å². The van der Waals surface area contributed by atoms with Crippen molar-refractivity contribution < 1.29 is 31.1 Å². The van der Waals surface area contributed by atoms with Crippen LogP contribution in [-0.2, 0) is 30.1 Å². The molecule has 1 N–H and O–H groups in total. The number of hydrogen-bond acceptors (Lipinski definition) is 3. The molecule has 1 heterocycles. The molecule has 0 atom stereocenters. The lowest BCUT2D eigenvalue weighted by Crippen LogP contribution is -2.28. The number of halogens is 6. The number of aromatic nitrogens is 2. The maximum absolute atomic E-state index is 12.8. The van der Waals surface area contributed by atoms with E-state index in [1.54, 1.807) is 6.92 Å². The van der Waals surface area contributed by atoms with Gasteiger partial charge in [-0.1, -0.05) is 6.92 Å². The minimum atomic E-state index is -5.03. The molecule has 0 spiro atoms. The van der Waals surface area contributed by atoms with Crippen molar-refractivity contribution in [1.82, 2.24) is 9.55 Å². The van der Waals surface area contributed by atoms with Crippen LogP contribution in [0, 0.1) is 0 Å². The Hall–Kier alpha value is -2.85. The first-order chi connectivity index (χ1) is 12.4. The van der Waals surface area contributed by atoms with Crippen molar-refractivity contribution in [2.45, 2.75) is 32.2 Å². The number of nitrogens with zero attached hydrogens (tertiary/aromatic N) is 2. The molecule has 1 aromatic heterocycles. The van der Waals surface area contributed by atoms with Crippen LogP contribution in [0.3, 0.4) is 0 Å². The van der Waals surface area contributed by atoms with Gasteiger partial charge < -0.3 is 5.32 Å². The zero-order valence-corrected chi connectivity index (χ0v) is 13.8. The van der Waals surface area contributed by atoms with Crippen LogP contribution in [0.1, 0.15) is 23.7 Å². The van der Waals surface area contributed by atoms with Crippen LogP contribution in [0.2, 0.25) is 0 Å². The van der Waals surface area contributed by atoms with E-state index in [4.69, 9.17) is 0 Å². The first-order valence-electron chi connectivity index (χ1n) is 7.55. The number of anilines is 1. The Kier molecular flexibility index (Phi) is 5.62. The van der Waals surface area contributed by atoms with Gasteiger partial charge in [0.1, 0.15) is 6.54 Å². The van der Waals surface area contributed by atoms with Crippen molar-refractivity contribution in [3.05, 3.63) is 57.8 Å². The third-order valence-corrected chi connectivity index (χ3v) is 3.48. The highest BCUT2D eigenvalue weighted by Crippen LogP contribution is 2.37. The molecule has 0 aliphatic rings. The molecule has 0 unspecified atom stereocenters. The lowest BCUT2D eigenvalue weighted by Gasteiger charge is -2.15. The Morgan fingerprint density at radius 2 is 1.59 bits per heavy atom. The standard InChI is InChI=1S/C16H13F6N3O2/c1-2-11-6-14(27)25(8-23-11)7-13(26)24-12-4-9(15(17,18)19)3-10(5-12)16(20,21)22/h3-6,8H,2,7H2,1H3,(H,24,26). The molecule has 5 nitrogen and oxygen atoms in total. The second kappa shape index (κ2) is 7.41. The van der Waals surface area contributed by atoms with Crippen molar-refractivity contribution in [1.29, 1.82) is 0 Å². The van der Waals surface area contributed by atoms with Gasteiger partial charge in [0.05, 0.1) is 17.5 Å². The van der Waals surface area contributed by atoms with Gasteiger partial charge in [0.15, 0.2) is 0 Å². The number of carbonyl (C=O) groups excluding carboxylic acids is 1. The number of carbonyl (C=O) groups is 1. The first-order valence-corrected chi connectivity index (χ1v) is 7.55. The van der Waals surface area contributed by atoms with Crippen molar-refractivity contribution in [2.75, 3.05) is 5.32 Å². The van der Waals surface area contributed by atoms with Crippen molar-refractivity contribution in [3.63, 3.8) is 0 Å². The Bertz CT molecular complexity index is 870. The highest BCUT2D eigenvalue weighted by molar-refractivity contribution is 5.90. The Balaban J connectivity index is 2.28. The van der Waals surface area contributed by atoms with Gasteiger partial charge >= 0.3 is 12.4 Å². The molecule has 0 aliphatic heterocycles. The van der Waals surface area contributed by atoms with Crippen LogP contribution in [0.25, 0.3) is 0 Å². The van der Waals surface area contributed by atoms with Gasteiger partial charge in [0.25, 0.3) is 5.56 Å². The quantitative estimate of drug-likeness (QED) is 0.809. The molecule has 0 fully saturated rings. The monoisotopic (exact) mass is 393 g/mol. The van der Waals surface area contributed by atoms with Crippen LogP contribution >= 0.6 is 0 Å². The van der Waals surface area contributed by atoms with E-state index in [9.17, 15) is 35.9 Å². The predicted molar refractivity (Wildman–Crippen MR) is 83.0 cm³/mol. The normalized spacial score (nSPS) is 12.1. The van der Waals surface area contributed by atoms with E-state index < -0.39 is 47.2 Å². The van der Waals surface area contributed by atoms with Gasteiger partial charge in [-0.3, -0.25) is 14.2 Å². The predicted octanol–water partition coefficient (Wildman–Crippen LogP) is 3.48. The molecule has 0 saturated carbocycles. The molecule has 0 radical (unpaired) electrons. The van der Waals surface area contributed by atoms with E-state index >= 15 is 0 Å². The van der Waals surface area contributed by atoms with Crippen LogP contribution in [0.15, 0.2) is 35.4 Å². The average Bonchev–Trinajstić information content (AvgIpc) is 2.54. The van der Waals surface area contributed by atoms with E-state index in [0.29, 0.717) is 24.2 Å². The van der Waals surface area contributed by atoms with E-state index in [-0.39, 0.29) is 6.07 Å². The maximum atomic E-state index is 12.8. The Labute approximate surface area is 148 Å². The molecular weight excluding hydrogens is 380 g/mol. The molecule has 27 heavy (non-hydrogen) atoms. The summed E-state index contributed by atoms with van der Waals surface area (Å²) in [7, 11) is 0.